The molecule has 4 rings (SSSR count). The summed E-state index contributed by atoms with van der Waals surface area (Å²) in [5.74, 6) is 1.04. The van der Waals surface area contributed by atoms with Crippen molar-refractivity contribution < 1.29 is 9.53 Å². The molecular weight excluding hydrogens is 302 g/mol. The van der Waals surface area contributed by atoms with Crippen LogP contribution in [0.3, 0.4) is 0 Å². The van der Waals surface area contributed by atoms with Crippen LogP contribution in [-0.2, 0) is 17.9 Å². The summed E-state index contributed by atoms with van der Waals surface area (Å²) in [5.41, 5.74) is 4.30. The number of nitrogens with zero attached hydrogens (tertiary/aromatic N) is 3. The molecule has 0 N–H and O–H groups in total. The molecule has 1 amide bonds. The van der Waals surface area contributed by atoms with E-state index in [0.29, 0.717) is 13.2 Å². The number of hydrogen-bond donors (Lipinski definition) is 0. The zero-order chi connectivity index (χ0) is 16.5. The fraction of sp³-hybridized carbons (Fsp3) is 0.474. The van der Waals surface area contributed by atoms with Crippen LogP contribution in [0.2, 0.25) is 0 Å². The lowest BCUT2D eigenvalue weighted by Crippen LogP contribution is -2.35. The van der Waals surface area contributed by atoms with Crippen LogP contribution >= 0.6 is 0 Å². The standard InChI is InChI=1S/C19H23N3O2/c1-14-6-7-17-16(10-14)19-15(13-24-17)11-20-22(19)12-18(23)21-8-4-2-3-5-9-21/h6-7,10-11H,2-5,8-9,12-13H2,1H3. The number of hydrogen-bond acceptors (Lipinski definition) is 3. The van der Waals surface area contributed by atoms with Crippen LogP contribution in [-0.4, -0.2) is 33.7 Å². The predicted molar refractivity (Wildman–Crippen MR) is 91.8 cm³/mol. The lowest BCUT2D eigenvalue weighted by atomic mass is 10.0. The lowest BCUT2D eigenvalue weighted by molar-refractivity contribution is -0.131. The second-order valence-electron chi connectivity index (χ2n) is 6.76. The van der Waals surface area contributed by atoms with Crippen molar-refractivity contribution in [3.63, 3.8) is 0 Å². The van der Waals surface area contributed by atoms with Gasteiger partial charge >= 0.3 is 0 Å². The molecule has 24 heavy (non-hydrogen) atoms. The van der Waals surface area contributed by atoms with Gasteiger partial charge in [-0.1, -0.05) is 24.5 Å². The molecule has 1 saturated heterocycles. The Hall–Kier alpha value is -2.30. The molecule has 0 bridgehead atoms. The molecule has 0 saturated carbocycles. The zero-order valence-corrected chi connectivity index (χ0v) is 14.1. The van der Waals surface area contributed by atoms with Gasteiger partial charge in [-0.3, -0.25) is 9.48 Å². The zero-order valence-electron chi connectivity index (χ0n) is 14.1. The fourth-order valence-corrected chi connectivity index (χ4v) is 3.62. The van der Waals surface area contributed by atoms with E-state index in [4.69, 9.17) is 4.74 Å². The quantitative estimate of drug-likeness (QED) is 0.852. The minimum atomic E-state index is 0.170. The number of carbonyl (C=O) groups is 1. The Morgan fingerprint density at radius 3 is 2.79 bits per heavy atom. The number of aromatic nitrogens is 2. The molecule has 5 heteroatoms. The molecule has 1 aromatic carbocycles. The van der Waals surface area contributed by atoms with Crippen LogP contribution in [0, 0.1) is 6.92 Å². The highest BCUT2D eigenvalue weighted by molar-refractivity contribution is 5.78. The minimum absolute atomic E-state index is 0.170. The van der Waals surface area contributed by atoms with Crippen LogP contribution in [0.25, 0.3) is 11.3 Å². The molecule has 2 aromatic rings. The molecular formula is C19H23N3O2. The Morgan fingerprint density at radius 1 is 1.21 bits per heavy atom. The largest absolute Gasteiger partial charge is 0.488 e. The maximum atomic E-state index is 12.7. The van der Waals surface area contributed by atoms with Crippen molar-refractivity contribution >= 4 is 5.91 Å². The van der Waals surface area contributed by atoms with Gasteiger partial charge in [0.2, 0.25) is 5.91 Å². The van der Waals surface area contributed by atoms with Crippen LogP contribution < -0.4 is 4.74 Å². The molecule has 0 radical (unpaired) electrons. The maximum Gasteiger partial charge on any atom is 0.244 e. The smallest absolute Gasteiger partial charge is 0.244 e. The number of carbonyl (C=O) groups excluding carboxylic acids is 1. The van der Waals surface area contributed by atoms with Crippen molar-refractivity contribution in [1.82, 2.24) is 14.7 Å². The average Bonchev–Trinajstić information content (AvgIpc) is 2.81. The molecule has 0 spiro atoms. The third-order valence-corrected chi connectivity index (χ3v) is 4.93. The van der Waals surface area contributed by atoms with E-state index in [2.05, 4.69) is 18.1 Å². The van der Waals surface area contributed by atoms with E-state index in [1.54, 1.807) is 0 Å². The van der Waals surface area contributed by atoms with Gasteiger partial charge in [0.05, 0.1) is 11.9 Å². The summed E-state index contributed by atoms with van der Waals surface area (Å²) in [7, 11) is 0. The van der Waals surface area contributed by atoms with Crippen molar-refractivity contribution in [2.24, 2.45) is 0 Å². The molecule has 2 aliphatic heterocycles. The van der Waals surface area contributed by atoms with E-state index in [9.17, 15) is 4.79 Å². The van der Waals surface area contributed by atoms with E-state index < -0.39 is 0 Å². The highest BCUT2D eigenvalue weighted by atomic mass is 16.5. The topological polar surface area (TPSA) is 47.4 Å². The van der Waals surface area contributed by atoms with Gasteiger partial charge in [-0.05, 0) is 31.9 Å². The number of ether oxygens (including phenoxy) is 1. The molecule has 2 aliphatic rings. The van der Waals surface area contributed by atoms with Crippen LogP contribution in [0.1, 0.15) is 36.8 Å². The molecule has 0 atom stereocenters. The first-order chi connectivity index (χ1) is 11.7. The van der Waals surface area contributed by atoms with Gasteiger partial charge in [-0.15, -0.1) is 0 Å². The summed E-state index contributed by atoms with van der Waals surface area (Å²) < 4.78 is 7.66. The third-order valence-electron chi connectivity index (χ3n) is 4.93. The number of likely N-dealkylation sites (tertiary alicyclic amines) is 1. The molecule has 1 aromatic heterocycles. The summed E-state index contributed by atoms with van der Waals surface area (Å²) >= 11 is 0. The average molecular weight is 325 g/mol. The lowest BCUT2D eigenvalue weighted by Gasteiger charge is -2.23. The van der Waals surface area contributed by atoms with Gasteiger partial charge in [-0.2, -0.15) is 5.10 Å². The number of amides is 1. The Balaban J connectivity index is 1.62. The van der Waals surface area contributed by atoms with Crippen molar-refractivity contribution in [1.29, 1.82) is 0 Å². The first kappa shape index (κ1) is 15.2. The maximum absolute atomic E-state index is 12.7. The van der Waals surface area contributed by atoms with Crippen LogP contribution in [0.4, 0.5) is 0 Å². The SMILES string of the molecule is Cc1ccc2c(c1)-c1c(cnn1CC(=O)N1CCCCCC1)CO2. The van der Waals surface area contributed by atoms with Gasteiger partial charge in [0.1, 0.15) is 18.9 Å². The van der Waals surface area contributed by atoms with Gasteiger partial charge in [-0.25, -0.2) is 0 Å². The van der Waals surface area contributed by atoms with E-state index in [0.717, 1.165) is 48.5 Å². The predicted octanol–water partition coefficient (Wildman–Crippen LogP) is 3.15. The summed E-state index contributed by atoms with van der Waals surface area (Å²) in [4.78, 5) is 14.7. The molecule has 5 nitrogen and oxygen atoms in total. The Morgan fingerprint density at radius 2 is 2.00 bits per heavy atom. The van der Waals surface area contributed by atoms with E-state index >= 15 is 0 Å². The van der Waals surface area contributed by atoms with Crippen molar-refractivity contribution in [3.05, 3.63) is 35.5 Å². The van der Waals surface area contributed by atoms with E-state index in [1.165, 1.54) is 18.4 Å². The second-order valence-corrected chi connectivity index (χ2v) is 6.76. The molecule has 126 valence electrons. The Bertz CT molecular complexity index is 758. The summed E-state index contributed by atoms with van der Waals surface area (Å²) in [6, 6.07) is 6.16. The highest BCUT2D eigenvalue weighted by Gasteiger charge is 2.24. The normalized spacial score (nSPS) is 16.8. The van der Waals surface area contributed by atoms with Crippen LogP contribution in [0.15, 0.2) is 24.4 Å². The van der Waals surface area contributed by atoms with Crippen LogP contribution in [0.5, 0.6) is 5.75 Å². The summed E-state index contributed by atoms with van der Waals surface area (Å²) in [6.45, 7) is 4.64. The van der Waals surface area contributed by atoms with E-state index in [-0.39, 0.29) is 5.91 Å². The van der Waals surface area contributed by atoms with Gasteiger partial charge in [0, 0.05) is 24.2 Å². The first-order valence-corrected chi connectivity index (χ1v) is 8.78. The molecule has 0 unspecified atom stereocenters. The van der Waals surface area contributed by atoms with Gasteiger partial charge < -0.3 is 9.64 Å². The van der Waals surface area contributed by atoms with Gasteiger partial charge in [0.15, 0.2) is 0 Å². The first-order valence-electron chi connectivity index (χ1n) is 8.78. The van der Waals surface area contributed by atoms with Crippen molar-refractivity contribution in [2.75, 3.05) is 13.1 Å². The minimum Gasteiger partial charge on any atom is -0.488 e. The Labute approximate surface area is 142 Å². The summed E-state index contributed by atoms with van der Waals surface area (Å²) in [5, 5.41) is 4.47. The fourth-order valence-electron chi connectivity index (χ4n) is 3.62. The number of aryl methyl sites for hydroxylation is 1. The molecule has 0 aliphatic carbocycles. The number of benzene rings is 1. The molecule has 3 heterocycles. The number of fused-ring (bicyclic) bond motifs is 3. The third kappa shape index (κ3) is 2.79. The van der Waals surface area contributed by atoms with Gasteiger partial charge in [0.25, 0.3) is 0 Å². The Kier molecular flexibility index (Phi) is 4.00. The monoisotopic (exact) mass is 325 g/mol. The highest BCUT2D eigenvalue weighted by Crippen LogP contribution is 2.37. The summed E-state index contributed by atoms with van der Waals surface area (Å²) in [6.07, 6.45) is 6.50. The van der Waals surface area contributed by atoms with Crippen molar-refractivity contribution in [2.45, 2.75) is 45.8 Å². The second kappa shape index (κ2) is 6.30. The van der Waals surface area contributed by atoms with E-state index in [1.807, 2.05) is 27.9 Å². The number of rotatable bonds is 2. The molecule has 1 fully saturated rings. The van der Waals surface area contributed by atoms with Crippen molar-refractivity contribution in [3.8, 4) is 17.0 Å².